The van der Waals surface area contributed by atoms with E-state index in [4.69, 9.17) is 19.4 Å². The first-order valence-corrected chi connectivity index (χ1v) is 17.1. The van der Waals surface area contributed by atoms with Gasteiger partial charge in [0.15, 0.2) is 17.5 Å². The summed E-state index contributed by atoms with van der Waals surface area (Å²) >= 11 is 0. The average molecular weight is 652 g/mol. The minimum Gasteiger partial charge on any atom is -0.455 e. The molecule has 51 heavy (non-hydrogen) atoms. The molecule has 238 valence electrons. The summed E-state index contributed by atoms with van der Waals surface area (Å²) < 4.78 is 6.72. The van der Waals surface area contributed by atoms with Gasteiger partial charge in [0.1, 0.15) is 11.2 Å². The lowest BCUT2D eigenvalue weighted by Gasteiger charge is -2.11. The largest absolute Gasteiger partial charge is 0.455 e. The van der Waals surface area contributed by atoms with Crippen LogP contribution in [0.3, 0.4) is 0 Å². The number of hydrogen-bond donors (Lipinski definition) is 0. The van der Waals surface area contributed by atoms with Gasteiger partial charge in [-0.3, -0.25) is 0 Å². The predicted octanol–water partition coefficient (Wildman–Crippen LogP) is 12.4. The summed E-state index contributed by atoms with van der Waals surface area (Å²) in [7, 11) is 0. The van der Waals surface area contributed by atoms with Crippen LogP contribution in [0.25, 0.3) is 99.9 Å². The fraction of sp³-hybridized carbons (Fsp3) is 0. The highest BCUT2D eigenvalue weighted by Gasteiger charge is 2.20. The number of rotatable bonds is 5. The summed E-state index contributed by atoms with van der Waals surface area (Å²) in [5, 5.41) is 6.83. The predicted molar refractivity (Wildman–Crippen MR) is 209 cm³/mol. The maximum Gasteiger partial charge on any atom is 0.167 e. The van der Waals surface area contributed by atoms with E-state index in [0.717, 1.165) is 60.7 Å². The van der Waals surface area contributed by atoms with E-state index in [0.29, 0.717) is 17.5 Å². The molecule has 0 unspecified atom stereocenters. The van der Waals surface area contributed by atoms with E-state index >= 15 is 0 Å². The molecule has 0 saturated carbocycles. The van der Waals surface area contributed by atoms with Gasteiger partial charge in [0.25, 0.3) is 0 Å². The lowest BCUT2D eigenvalue weighted by molar-refractivity contribution is 0.670. The van der Waals surface area contributed by atoms with Crippen LogP contribution in [0.5, 0.6) is 0 Å². The molecule has 0 fully saturated rings. The van der Waals surface area contributed by atoms with Crippen molar-refractivity contribution in [1.29, 1.82) is 0 Å². The fourth-order valence-corrected chi connectivity index (χ4v) is 7.05. The number of fused-ring (bicyclic) bond motifs is 5. The first kappa shape index (κ1) is 29.0. The van der Waals surface area contributed by atoms with Crippen molar-refractivity contribution in [2.45, 2.75) is 0 Å². The molecule has 0 radical (unpaired) electrons. The highest BCUT2D eigenvalue weighted by Crippen LogP contribution is 2.40. The van der Waals surface area contributed by atoms with Crippen LogP contribution in [0.1, 0.15) is 0 Å². The van der Waals surface area contributed by atoms with Crippen molar-refractivity contribution in [2.75, 3.05) is 0 Å². The van der Waals surface area contributed by atoms with Crippen molar-refractivity contribution in [3.8, 4) is 56.4 Å². The summed E-state index contributed by atoms with van der Waals surface area (Å²) in [5.74, 6) is 1.77. The quantitative estimate of drug-likeness (QED) is 0.186. The molecule has 0 N–H and O–H groups in total. The van der Waals surface area contributed by atoms with Crippen molar-refractivity contribution < 1.29 is 4.42 Å². The first-order chi connectivity index (χ1) is 25.2. The van der Waals surface area contributed by atoms with E-state index in [1.807, 2.05) is 36.4 Å². The normalized spacial score (nSPS) is 11.5. The van der Waals surface area contributed by atoms with Gasteiger partial charge in [0, 0.05) is 21.9 Å². The minimum atomic E-state index is 0.559. The van der Waals surface area contributed by atoms with Gasteiger partial charge in [-0.25, -0.2) is 15.0 Å². The Bertz CT molecular complexity index is 2900. The molecule has 0 aliphatic heterocycles. The highest BCUT2D eigenvalue weighted by atomic mass is 16.3. The topological polar surface area (TPSA) is 51.8 Å². The van der Waals surface area contributed by atoms with E-state index in [2.05, 4.69) is 140 Å². The molecule has 10 rings (SSSR count). The number of benzene rings is 8. The lowest BCUT2D eigenvalue weighted by atomic mass is 9.98. The standard InChI is InChI=1S/C47H29N3O/c1-3-11-30(12-4-1)39-27-41-40-26-36-17-9-10-18-37(36)29-43(40)51-44(41)42(28-39)47-49-45(33-14-5-2-6-15-33)48-46(50-47)34-22-19-32(20-23-34)38-24-21-31-13-7-8-16-35(31)25-38/h1-29H. The Hall–Kier alpha value is -6.91. The van der Waals surface area contributed by atoms with E-state index in [-0.39, 0.29) is 0 Å². The Labute approximate surface area is 294 Å². The minimum absolute atomic E-state index is 0.559. The van der Waals surface area contributed by atoms with Crippen LogP contribution in [0, 0.1) is 0 Å². The number of hydrogen-bond acceptors (Lipinski definition) is 4. The number of aromatic nitrogens is 3. The van der Waals surface area contributed by atoms with Crippen molar-refractivity contribution in [2.24, 2.45) is 0 Å². The molecular formula is C47H29N3O. The molecule has 2 heterocycles. The molecule has 4 heteroatoms. The van der Waals surface area contributed by atoms with E-state index in [1.54, 1.807) is 0 Å². The van der Waals surface area contributed by atoms with Crippen LogP contribution in [0.4, 0.5) is 0 Å². The third kappa shape index (κ3) is 5.22. The van der Waals surface area contributed by atoms with Crippen LogP contribution in [0.15, 0.2) is 180 Å². The molecule has 0 atom stereocenters. The molecule has 0 amide bonds. The average Bonchev–Trinajstić information content (AvgIpc) is 3.57. The third-order valence-corrected chi connectivity index (χ3v) is 9.68. The summed E-state index contributed by atoms with van der Waals surface area (Å²) in [6.07, 6.45) is 0. The Morgan fingerprint density at radius 1 is 0.314 bits per heavy atom. The van der Waals surface area contributed by atoms with Gasteiger partial charge in [-0.1, -0.05) is 146 Å². The second-order valence-corrected chi connectivity index (χ2v) is 12.9. The Morgan fingerprint density at radius 3 is 1.53 bits per heavy atom. The van der Waals surface area contributed by atoms with E-state index < -0.39 is 0 Å². The maximum absolute atomic E-state index is 6.72. The summed E-state index contributed by atoms with van der Waals surface area (Å²) in [6, 6.07) is 61.2. The van der Waals surface area contributed by atoms with Crippen LogP contribution in [0.2, 0.25) is 0 Å². The Kier molecular flexibility index (Phi) is 6.78. The number of nitrogens with zero attached hydrogens (tertiary/aromatic N) is 3. The molecular weight excluding hydrogens is 623 g/mol. The molecule has 0 bridgehead atoms. The Balaban J connectivity index is 1.18. The summed E-state index contributed by atoms with van der Waals surface area (Å²) in [5.41, 5.74) is 8.70. The van der Waals surface area contributed by atoms with E-state index in [9.17, 15) is 0 Å². The van der Waals surface area contributed by atoms with Crippen molar-refractivity contribution in [3.05, 3.63) is 176 Å². The molecule has 0 aliphatic rings. The van der Waals surface area contributed by atoms with Gasteiger partial charge in [-0.05, 0) is 74.1 Å². The number of furan rings is 1. The van der Waals surface area contributed by atoms with Crippen LogP contribution < -0.4 is 0 Å². The van der Waals surface area contributed by atoms with Gasteiger partial charge in [0.2, 0.25) is 0 Å². The smallest absolute Gasteiger partial charge is 0.167 e. The second-order valence-electron chi connectivity index (χ2n) is 12.9. The summed E-state index contributed by atoms with van der Waals surface area (Å²) in [6.45, 7) is 0. The van der Waals surface area contributed by atoms with E-state index in [1.165, 1.54) is 21.7 Å². The zero-order chi connectivity index (χ0) is 33.7. The zero-order valence-corrected chi connectivity index (χ0v) is 27.5. The molecule has 0 saturated heterocycles. The molecule has 0 aliphatic carbocycles. The summed E-state index contributed by atoms with van der Waals surface area (Å²) in [4.78, 5) is 15.3. The molecule has 0 spiro atoms. The monoisotopic (exact) mass is 651 g/mol. The second kappa shape index (κ2) is 11.9. The lowest BCUT2D eigenvalue weighted by Crippen LogP contribution is -2.00. The molecule has 8 aromatic carbocycles. The van der Waals surface area contributed by atoms with Crippen LogP contribution >= 0.6 is 0 Å². The molecule has 2 aromatic heterocycles. The van der Waals surface area contributed by atoms with Gasteiger partial charge >= 0.3 is 0 Å². The van der Waals surface area contributed by atoms with Crippen LogP contribution in [-0.2, 0) is 0 Å². The van der Waals surface area contributed by atoms with Gasteiger partial charge in [-0.2, -0.15) is 0 Å². The first-order valence-electron chi connectivity index (χ1n) is 17.1. The SMILES string of the molecule is c1ccc(-c2cc(-c3nc(-c4ccccc4)nc(-c4ccc(-c5ccc6ccccc6c5)cc4)n3)c3oc4cc5ccccc5cc4c3c2)cc1. The van der Waals surface area contributed by atoms with Crippen molar-refractivity contribution in [3.63, 3.8) is 0 Å². The Morgan fingerprint density at radius 2 is 0.824 bits per heavy atom. The van der Waals surface area contributed by atoms with Crippen molar-refractivity contribution >= 4 is 43.5 Å². The van der Waals surface area contributed by atoms with Gasteiger partial charge in [0.05, 0.1) is 5.56 Å². The molecule has 4 nitrogen and oxygen atoms in total. The molecule has 10 aromatic rings. The van der Waals surface area contributed by atoms with Crippen LogP contribution in [-0.4, -0.2) is 15.0 Å². The zero-order valence-electron chi connectivity index (χ0n) is 27.5. The van der Waals surface area contributed by atoms with Gasteiger partial charge < -0.3 is 4.42 Å². The van der Waals surface area contributed by atoms with Crippen molar-refractivity contribution in [1.82, 2.24) is 15.0 Å². The maximum atomic E-state index is 6.72. The highest BCUT2D eigenvalue weighted by molar-refractivity contribution is 6.14. The fourth-order valence-electron chi connectivity index (χ4n) is 7.05. The third-order valence-electron chi connectivity index (χ3n) is 9.68. The van der Waals surface area contributed by atoms with Gasteiger partial charge in [-0.15, -0.1) is 0 Å².